The lowest BCUT2D eigenvalue weighted by molar-refractivity contribution is 0.165. The van der Waals surface area contributed by atoms with Gasteiger partial charge < -0.3 is 4.74 Å². The Labute approximate surface area is 65.6 Å². The molecule has 0 atom stereocenters. The Kier molecular flexibility index (Phi) is 3.47. The van der Waals surface area contributed by atoms with Crippen molar-refractivity contribution in [2.75, 3.05) is 13.2 Å². The molecule has 0 saturated heterocycles. The van der Waals surface area contributed by atoms with Gasteiger partial charge in [0.1, 0.15) is 0 Å². The van der Waals surface area contributed by atoms with Crippen molar-refractivity contribution < 1.29 is 4.74 Å². The lowest BCUT2D eigenvalue weighted by Crippen LogP contribution is -1.95. The highest BCUT2D eigenvalue weighted by atomic mass is 32.1. The second kappa shape index (κ2) is 4.47. The van der Waals surface area contributed by atoms with Crippen LogP contribution >= 0.6 is 11.3 Å². The van der Waals surface area contributed by atoms with E-state index in [0.717, 1.165) is 13.0 Å². The van der Waals surface area contributed by atoms with Gasteiger partial charge in [-0.15, -0.1) is 11.3 Å². The van der Waals surface area contributed by atoms with Crippen LogP contribution in [0.2, 0.25) is 0 Å². The molecule has 0 fully saturated rings. The van der Waals surface area contributed by atoms with Gasteiger partial charge in [-0.2, -0.15) is 0 Å². The molecular weight excluding hydrogens is 144 g/mol. The number of thiophene rings is 1. The van der Waals surface area contributed by atoms with E-state index in [0.29, 0.717) is 6.61 Å². The largest absolute Gasteiger partial charge is 0.381 e. The van der Waals surface area contributed by atoms with Crippen LogP contribution in [0, 0.1) is 6.92 Å². The highest BCUT2D eigenvalue weighted by Gasteiger charge is 1.91. The molecule has 1 aromatic rings. The SMILES string of the molecule is [CH2]COCCc1cccs1. The normalized spacial score (nSPS) is 10.1. The summed E-state index contributed by atoms with van der Waals surface area (Å²) < 4.78 is 5.10. The first-order valence-corrected chi connectivity index (χ1v) is 4.21. The Morgan fingerprint density at radius 1 is 1.60 bits per heavy atom. The summed E-state index contributed by atoms with van der Waals surface area (Å²) in [6.07, 6.45) is 1.02. The number of hydrogen-bond acceptors (Lipinski definition) is 2. The van der Waals surface area contributed by atoms with E-state index in [1.54, 1.807) is 11.3 Å². The van der Waals surface area contributed by atoms with Crippen molar-refractivity contribution in [1.29, 1.82) is 0 Å². The molecule has 0 aliphatic rings. The Morgan fingerprint density at radius 3 is 3.10 bits per heavy atom. The van der Waals surface area contributed by atoms with Gasteiger partial charge in [-0.1, -0.05) is 6.07 Å². The molecule has 0 N–H and O–H groups in total. The molecule has 0 saturated carbocycles. The third-order valence-corrected chi connectivity index (χ3v) is 2.15. The zero-order valence-electron chi connectivity index (χ0n) is 5.88. The van der Waals surface area contributed by atoms with E-state index in [1.807, 2.05) is 0 Å². The van der Waals surface area contributed by atoms with Crippen LogP contribution in [0.15, 0.2) is 17.5 Å². The third-order valence-electron chi connectivity index (χ3n) is 1.22. The van der Waals surface area contributed by atoms with Crippen LogP contribution in [-0.2, 0) is 11.2 Å². The fourth-order valence-corrected chi connectivity index (χ4v) is 1.42. The van der Waals surface area contributed by atoms with E-state index in [2.05, 4.69) is 24.4 Å². The highest BCUT2D eigenvalue weighted by molar-refractivity contribution is 7.09. The topological polar surface area (TPSA) is 9.23 Å². The lowest BCUT2D eigenvalue weighted by Gasteiger charge is -1.96. The summed E-state index contributed by atoms with van der Waals surface area (Å²) in [5.74, 6) is 0. The summed E-state index contributed by atoms with van der Waals surface area (Å²) >= 11 is 1.77. The maximum Gasteiger partial charge on any atom is 0.0514 e. The molecule has 1 rings (SSSR count). The van der Waals surface area contributed by atoms with Crippen LogP contribution in [0.4, 0.5) is 0 Å². The first-order valence-electron chi connectivity index (χ1n) is 3.33. The number of ether oxygens (including phenoxy) is 1. The summed E-state index contributed by atoms with van der Waals surface area (Å²) in [5, 5.41) is 2.08. The predicted molar refractivity (Wildman–Crippen MR) is 44.2 cm³/mol. The highest BCUT2D eigenvalue weighted by Crippen LogP contribution is 2.08. The first kappa shape index (κ1) is 7.76. The van der Waals surface area contributed by atoms with Crippen molar-refractivity contribution in [3.63, 3.8) is 0 Å². The average Bonchev–Trinajstić information content (AvgIpc) is 2.41. The van der Waals surface area contributed by atoms with Gasteiger partial charge in [0.25, 0.3) is 0 Å². The molecule has 0 aromatic carbocycles. The monoisotopic (exact) mass is 155 g/mol. The van der Waals surface area contributed by atoms with Crippen molar-refractivity contribution in [3.05, 3.63) is 29.3 Å². The molecule has 0 amide bonds. The van der Waals surface area contributed by atoms with Gasteiger partial charge in [0.15, 0.2) is 0 Å². The van der Waals surface area contributed by atoms with Crippen LogP contribution in [0.3, 0.4) is 0 Å². The Morgan fingerprint density at radius 2 is 2.50 bits per heavy atom. The van der Waals surface area contributed by atoms with Crippen LogP contribution in [-0.4, -0.2) is 13.2 Å². The predicted octanol–water partition coefficient (Wildman–Crippen LogP) is 2.14. The Bertz CT molecular complexity index is 158. The van der Waals surface area contributed by atoms with Crippen molar-refractivity contribution in [1.82, 2.24) is 0 Å². The van der Waals surface area contributed by atoms with Crippen molar-refractivity contribution in [2.45, 2.75) is 6.42 Å². The number of hydrogen-bond donors (Lipinski definition) is 0. The maximum absolute atomic E-state index is 5.10. The van der Waals surface area contributed by atoms with E-state index in [4.69, 9.17) is 4.74 Å². The minimum atomic E-state index is 0.575. The zero-order chi connectivity index (χ0) is 7.23. The van der Waals surface area contributed by atoms with Gasteiger partial charge in [0, 0.05) is 17.9 Å². The molecule has 0 aliphatic carbocycles. The second-order valence-corrected chi connectivity index (χ2v) is 2.97. The van der Waals surface area contributed by atoms with Gasteiger partial charge in [-0.25, -0.2) is 0 Å². The van der Waals surface area contributed by atoms with Gasteiger partial charge in [0.2, 0.25) is 0 Å². The second-order valence-electron chi connectivity index (χ2n) is 1.94. The molecule has 0 aliphatic heterocycles. The van der Waals surface area contributed by atoms with E-state index >= 15 is 0 Å². The minimum absolute atomic E-state index is 0.575. The van der Waals surface area contributed by atoms with Crippen molar-refractivity contribution in [3.8, 4) is 0 Å². The Balaban J connectivity index is 2.15. The number of rotatable bonds is 4. The van der Waals surface area contributed by atoms with Gasteiger partial charge in [-0.3, -0.25) is 0 Å². The smallest absolute Gasteiger partial charge is 0.0514 e. The van der Waals surface area contributed by atoms with Gasteiger partial charge in [0.05, 0.1) is 6.61 Å². The minimum Gasteiger partial charge on any atom is -0.381 e. The van der Waals surface area contributed by atoms with E-state index in [-0.39, 0.29) is 0 Å². The van der Waals surface area contributed by atoms with Crippen LogP contribution in [0.5, 0.6) is 0 Å². The molecule has 0 unspecified atom stereocenters. The van der Waals surface area contributed by atoms with Gasteiger partial charge in [-0.05, 0) is 18.4 Å². The van der Waals surface area contributed by atoms with E-state index in [9.17, 15) is 0 Å². The van der Waals surface area contributed by atoms with Crippen LogP contribution < -0.4 is 0 Å². The summed E-state index contributed by atoms with van der Waals surface area (Å²) in [4.78, 5) is 1.38. The lowest BCUT2D eigenvalue weighted by atomic mass is 10.4. The molecular formula is C8H11OS. The van der Waals surface area contributed by atoms with E-state index in [1.165, 1.54) is 4.88 Å². The first-order chi connectivity index (χ1) is 4.93. The molecule has 1 heterocycles. The molecule has 10 heavy (non-hydrogen) atoms. The van der Waals surface area contributed by atoms with Crippen LogP contribution in [0.1, 0.15) is 4.88 Å². The van der Waals surface area contributed by atoms with Gasteiger partial charge >= 0.3 is 0 Å². The maximum atomic E-state index is 5.10. The van der Waals surface area contributed by atoms with Crippen molar-refractivity contribution >= 4 is 11.3 Å². The summed E-state index contributed by atoms with van der Waals surface area (Å²) in [6.45, 7) is 4.96. The fourth-order valence-electron chi connectivity index (χ4n) is 0.730. The molecule has 2 heteroatoms. The molecule has 0 spiro atoms. The molecule has 1 nitrogen and oxygen atoms in total. The van der Waals surface area contributed by atoms with Crippen LogP contribution in [0.25, 0.3) is 0 Å². The Hall–Kier alpha value is -0.340. The van der Waals surface area contributed by atoms with Crippen molar-refractivity contribution in [2.24, 2.45) is 0 Å². The average molecular weight is 155 g/mol. The molecule has 55 valence electrons. The fraction of sp³-hybridized carbons (Fsp3) is 0.375. The standard InChI is InChI=1S/C8H11OS/c1-2-9-6-5-8-4-3-7-10-8/h3-4,7H,1-2,5-6H2. The summed E-state index contributed by atoms with van der Waals surface area (Å²) in [7, 11) is 0. The quantitative estimate of drug-likeness (QED) is 0.605. The summed E-state index contributed by atoms with van der Waals surface area (Å²) in [5.41, 5.74) is 0. The molecule has 0 bridgehead atoms. The third kappa shape index (κ3) is 2.50. The molecule has 1 aromatic heterocycles. The molecule has 1 radical (unpaired) electrons. The van der Waals surface area contributed by atoms with E-state index < -0.39 is 0 Å². The summed E-state index contributed by atoms with van der Waals surface area (Å²) in [6, 6.07) is 4.18. The zero-order valence-corrected chi connectivity index (χ0v) is 6.69.